The molecular weight excluding hydrogens is 470 g/mol. The third-order valence-electron chi connectivity index (χ3n) is 5.00. The molecule has 0 saturated carbocycles. The molecule has 1 aliphatic rings. The molecule has 0 unspecified atom stereocenters. The first-order valence-corrected chi connectivity index (χ1v) is 11.8. The molecule has 0 radical (unpaired) electrons. The molecule has 1 atom stereocenters. The second kappa shape index (κ2) is 8.87. The molecule has 2 aromatic carbocycles. The number of rotatable bonds is 6. The van der Waals surface area contributed by atoms with Gasteiger partial charge < -0.3 is 10.2 Å². The molecule has 0 aromatic heterocycles. The van der Waals surface area contributed by atoms with Gasteiger partial charge in [-0.3, -0.25) is 9.59 Å². The quantitative estimate of drug-likeness (QED) is 0.644. The van der Waals surface area contributed by atoms with Crippen molar-refractivity contribution in [3.8, 4) is 0 Å². The van der Waals surface area contributed by atoms with Gasteiger partial charge in [0.15, 0.2) is 0 Å². The first-order chi connectivity index (χ1) is 14.1. The molecular formula is C21H24BrN3O4S. The molecule has 0 bridgehead atoms. The van der Waals surface area contributed by atoms with Crippen molar-refractivity contribution in [1.82, 2.24) is 4.72 Å². The van der Waals surface area contributed by atoms with Crippen LogP contribution < -0.4 is 14.9 Å². The van der Waals surface area contributed by atoms with E-state index < -0.39 is 10.0 Å². The minimum absolute atomic E-state index is 0.00523. The number of hydrogen-bond donors (Lipinski definition) is 2. The van der Waals surface area contributed by atoms with Crippen molar-refractivity contribution in [3.63, 3.8) is 0 Å². The van der Waals surface area contributed by atoms with Gasteiger partial charge in [-0.05, 0) is 67.8 Å². The molecule has 2 aromatic rings. The van der Waals surface area contributed by atoms with E-state index in [9.17, 15) is 18.0 Å². The summed E-state index contributed by atoms with van der Waals surface area (Å²) in [7, 11) is -3.76. The van der Waals surface area contributed by atoms with Crippen LogP contribution in [0.3, 0.4) is 0 Å². The fourth-order valence-corrected chi connectivity index (χ4v) is 4.91. The van der Waals surface area contributed by atoms with Crippen molar-refractivity contribution in [1.29, 1.82) is 0 Å². The lowest BCUT2D eigenvalue weighted by Crippen LogP contribution is -2.33. The standard InChI is InChI=1S/C21H24BrN3O4S/c1-13-10-17(4-6-19(13)22)24-21(27)8-9-23-30(28,29)18-5-7-20-16(12-18)11-14(2)25(20)15(3)26/h4-7,10,12,14,23H,8-9,11H2,1-3H3,(H,24,27)/t14-/m1/s1. The minimum atomic E-state index is -3.76. The first kappa shape index (κ1) is 22.5. The summed E-state index contributed by atoms with van der Waals surface area (Å²) in [6, 6.07) is 10.2. The van der Waals surface area contributed by atoms with Gasteiger partial charge in [0, 0.05) is 41.8 Å². The molecule has 3 rings (SSSR count). The lowest BCUT2D eigenvalue weighted by molar-refractivity contribution is -0.117. The lowest BCUT2D eigenvalue weighted by atomic mass is 10.1. The van der Waals surface area contributed by atoms with E-state index in [1.54, 1.807) is 23.1 Å². The summed E-state index contributed by atoms with van der Waals surface area (Å²) in [6.45, 7) is 5.33. The summed E-state index contributed by atoms with van der Waals surface area (Å²) in [5, 5.41) is 2.76. The second-order valence-corrected chi connectivity index (χ2v) is 10.0. The number of anilines is 2. The van der Waals surface area contributed by atoms with E-state index in [-0.39, 0.29) is 35.7 Å². The average Bonchev–Trinajstić information content (AvgIpc) is 2.99. The molecule has 1 heterocycles. The van der Waals surface area contributed by atoms with Gasteiger partial charge in [0.1, 0.15) is 0 Å². The van der Waals surface area contributed by atoms with Gasteiger partial charge in [-0.1, -0.05) is 15.9 Å². The van der Waals surface area contributed by atoms with Crippen molar-refractivity contribution >= 4 is 49.1 Å². The molecule has 0 saturated heterocycles. The maximum Gasteiger partial charge on any atom is 0.240 e. The SMILES string of the molecule is CC(=O)N1c2ccc(S(=O)(=O)NCCC(=O)Nc3ccc(Br)c(C)c3)cc2C[C@H]1C. The third kappa shape index (κ3) is 4.91. The van der Waals surface area contributed by atoms with Gasteiger partial charge in [-0.2, -0.15) is 0 Å². The van der Waals surface area contributed by atoms with Crippen molar-refractivity contribution < 1.29 is 18.0 Å². The Balaban J connectivity index is 1.60. The van der Waals surface area contributed by atoms with E-state index in [2.05, 4.69) is 26.0 Å². The molecule has 160 valence electrons. The summed E-state index contributed by atoms with van der Waals surface area (Å²) in [5.74, 6) is -0.346. The normalized spacial score (nSPS) is 15.7. The number of aryl methyl sites for hydroxylation is 1. The number of halogens is 1. The Hall–Kier alpha value is -2.23. The second-order valence-electron chi connectivity index (χ2n) is 7.39. The smallest absolute Gasteiger partial charge is 0.240 e. The fourth-order valence-electron chi connectivity index (χ4n) is 3.58. The largest absolute Gasteiger partial charge is 0.326 e. The molecule has 2 amide bonds. The van der Waals surface area contributed by atoms with E-state index in [1.807, 2.05) is 26.0 Å². The Labute approximate surface area is 185 Å². The number of sulfonamides is 1. The van der Waals surface area contributed by atoms with Crippen LogP contribution in [0.4, 0.5) is 11.4 Å². The van der Waals surface area contributed by atoms with Gasteiger partial charge >= 0.3 is 0 Å². The van der Waals surface area contributed by atoms with E-state index >= 15 is 0 Å². The molecule has 0 spiro atoms. The Morgan fingerprint density at radius 2 is 1.93 bits per heavy atom. The van der Waals surface area contributed by atoms with Crippen LogP contribution >= 0.6 is 15.9 Å². The number of benzene rings is 2. The molecule has 0 fully saturated rings. The maximum atomic E-state index is 12.6. The predicted octanol–water partition coefficient (Wildman–Crippen LogP) is 3.36. The van der Waals surface area contributed by atoms with Gasteiger partial charge in [-0.25, -0.2) is 13.1 Å². The molecule has 30 heavy (non-hydrogen) atoms. The van der Waals surface area contributed by atoms with Gasteiger partial charge in [0.2, 0.25) is 21.8 Å². The van der Waals surface area contributed by atoms with Crippen LogP contribution in [0.2, 0.25) is 0 Å². The zero-order valence-electron chi connectivity index (χ0n) is 17.0. The van der Waals surface area contributed by atoms with Gasteiger partial charge in [-0.15, -0.1) is 0 Å². The molecule has 2 N–H and O–H groups in total. The highest BCUT2D eigenvalue weighted by Crippen LogP contribution is 2.33. The first-order valence-electron chi connectivity index (χ1n) is 9.57. The Kier molecular flexibility index (Phi) is 6.64. The van der Waals surface area contributed by atoms with Crippen LogP contribution in [0.15, 0.2) is 45.8 Å². The van der Waals surface area contributed by atoms with Crippen LogP contribution in [0, 0.1) is 6.92 Å². The number of amides is 2. The lowest BCUT2D eigenvalue weighted by Gasteiger charge is -2.20. The summed E-state index contributed by atoms with van der Waals surface area (Å²) in [6.07, 6.45) is 0.613. The zero-order valence-corrected chi connectivity index (χ0v) is 19.4. The summed E-state index contributed by atoms with van der Waals surface area (Å²) in [4.78, 5) is 25.8. The van der Waals surface area contributed by atoms with E-state index in [0.29, 0.717) is 12.1 Å². The van der Waals surface area contributed by atoms with Crippen LogP contribution in [0.1, 0.15) is 31.4 Å². The average molecular weight is 494 g/mol. The van der Waals surface area contributed by atoms with Crippen LogP contribution in [0.5, 0.6) is 0 Å². The van der Waals surface area contributed by atoms with E-state index in [0.717, 1.165) is 21.3 Å². The van der Waals surface area contributed by atoms with E-state index in [1.165, 1.54) is 13.0 Å². The molecule has 7 nitrogen and oxygen atoms in total. The number of carbonyl (C=O) groups excluding carboxylic acids is 2. The highest BCUT2D eigenvalue weighted by Gasteiger charge is 2.30. The van der Waals surface area contributed by atoms with Crippen LogP contribution in [-0.4, -0.2) is 32.8 Å². The number of fused-ring (bicyclic) bond motifs is 1. The number of carbonyl (C=O) groups is 2. The topological polar surface area (TPSA) is 95.6 Å². The maximum absolute atomic E-state index is 12.6. The summed E-state index contributed by atoms with van der Waals surface area (Å²) in [5.41, 5.74) is 3.22. The molecule has 1 aliphatic heterocycles. The van der Waals surface area contributed by atoms with Crippen molar-refractivity contribution in [2.75, 3.05) is 16.8 Å². The zero-order chi connectivity index (χ0) is 22.1. The molecule has 0 aliphatic carbocycles. The predicted molar refractivity (Wildman–Crippen MR) is 120 cm³/mol. The van der Waals surface area contributed by atoms with Crippen molar-refractivity contribution in [3.05, 3.63) is 52.0 Å². The molecule has 9 heteroatoms. The van der Waals surface area contributed by atoms with E-state index in [4.69, 9.17) is 0 Å². The highest BCUT2D eigenvalue weighted by atomic mass is 79.9. The van der Waals surface area contributed by atoms with Crippen molar-refractivity contribution in [2.45, 2.75) is 44.6 Å². The van der Waals surface area contributed by atoms with Crippen molar-refractivity contribution in [2.24, 2.45) is 0 Å². The Morgan fingerprint density at radius 3 is 2.60 bits per heavy atom. The van der Waals surface area contributed by atoms with Crippen LogP contribution in [-0.2, 0) is 26.0 Å². The van der Waals surface area contributed by atoms with Gasteiger partial charge in [0.25, 0.3) is 0 Å². The highest BCUT2D eigenvalue weighted by molar-refractivity contribution is 9.10. The Morgan fingerprint density at radius 1 is 1.20 bits per heavy atom. The van der Waals surface area contributed by atoms with Crippen LogP contribution in [0.25, 0.3) is 0 Å². The fraction of sp³-hybridized carbons (Fsp3) is 0.333. The minimum Gasteiger partial charge on any atom is -0.326 e. The summed E-state index contributed by atoms with van der Waals surface area (Å²) >= 11 is 3.40. The number of hydrogen-bond acceptors (Lipinski definition) is 4. The number of nitrogens with one attached hydrogen (secondary N) is 2. The third-order valence-corrected chi connectivity index (χ3v) is 7.35. The summed E-state index contributed by atoms with van der Waals surface area (Å²) < 4.78 is 28.7. The monoisotopic (exact) mass is 493 g/mol. The number of nitrogens with zero attached hydrogens (tertiary/aromatic N) is 1. The Bertz CT molecular complexity index is 1100. The van der Waals surface area contributed by atoms with Gasteiger partial charge in [0.05, 0.1) is 4.90 Å².